The van der Waals surface area contributed by atoms with Gasteiger partial charge < -0.3 is 4.90 Å². The van der Waals surface area contributed by atoms with Crippen molar-refractivity contribution in [3.8, 4) is 0 Å². The summed E-state index contributed by atoms with van der Waals surface area (Å²) in [5, 5.41) is 0. The van der Waals surface area contributed by atoms with Crippen LogP contribution in [0.3, 0.4) is 0 Å². The minimum Gasteiger partial charge on any atom is -0.304 e. The number of halogens is 1. The van der Waals surface area contributed by atoms with Gasteiger partial charge in [0.25, 0.3) is 5.91 Å². The first kappa shape index (κ1) is 20.6. The van der Waals surface area contributed by atoms with Crippen LogP contribution in [0.25, 0.3) is 0 Å². The fourth-order valence-electron chi connectivity index (χ4n) is 1.64. The van der Waals surface area contributed by atoms with Crippen molar-refractivity contribution in [2.45, 2.75) is 27.7 Å². The third-order valence-corrected chi connectivity index (χ3v) is 2.70. The molecule has 1 aliphatic heterocycles. The zero-order valence-corrected chi connectivity index (χ0v) is 14.4. The molecule has 2 nitrogen and oxygen atoms in total. The van der Waals surface area contributed by atoms with Crippen molar-refractivity contribution in [3.05, 3.63) is 78.6 Å². The van der Waals surface area contributed by atoms with Crippen LogP contribution in [0.5, 0.6) is 0 Å². The Labute approximate surface area is 139 Å². The summed E-state index contributed by atoms with van der Waals surface area (Å²) < 4.78 is 12.5. The molecule has 2 aromatic rings. The van der Waals surface area contributed by atoms with E-state index in [2.05, 4.69) is 6.58 Å². The second kappa shape index (κ2) is 12.2. The van der Waals surface area contributed by atoms with Gasteiger partial charge >= 0.3 is 0 Å². The number of hydrogen-bond acceptors (Lipinski definition) is 1. The molecule has 3 heteroatoms. The van der Waals surface area contributed by atoms with Crippen LogP contribution in [-0.2, 0) is 4.79 Å². The number of carbonyl (C=O) groups excluding carboxylic acids is 1. The standard InChI is InChI=1S/C10H8FNO.C6H6.2C2H6/c1-7-6-12(10(7)13)9-4-2-8(11)3-5-9;1-2-4-6-5-3-1;2*1-2/h2-5H,1,6H2;1-6H;2*1-2H3. The Morgan fingerprint density at radius 1 is 0.870 bits per heavy atom. The molecule has 0 spiro atoms. The van der Waals surface area contributed by atoms with E-state index >= 15 is 0 Å². The fourth-order valence-corrected chi connectivity index (χ4v) is 1.64. The number of anilines is 1. The number of hydrogen-bond donors (Lipinski definition) is 0. The highest BCUT2D eigenvalue weighted by molar-refractivity contribution is 6.13. The minimum atomic E-state index is -0.296. The molecule has 23 heavy (non-hydrogen) atoms. The number of carbonyl (C=O) groups is 1. The molecule has 1 heterocycles. The van der Waals surface area contributed by atoms with Gasteiger partial charge in [0.05, 0.1) is 6.54 Å². The normalized spacial score (nSPS) is 11.6. The predicted molar refractivity (Wildman–Crippen MR) is 97.0 cm³/mol. The Morgan fingerprint density at radius 2 is 1.26 bits per heavy atom. The van der Waals surface area contributed by atoms with Crippen molar-refractivity contribution in [1.82, 2.24) is 0 Å². The van der Waals surface area contributed by atoms with Crippen molar-refractivity contribution in [2.24, 2.45) is 0 Å². The van der Waals surface area contributed by atoms with Gasteiger partial charge in [-0.05, 0) is 24.3 Å². The quantitative estimate of drug-likeness (QED) is 0.505. The van der Waals surface area contributed by atoms with Crippen molar-refractivity contribution < 1.29 is 9.18 Å². The van der Waals surface area contributed by atoms with Gasteiger partial charge in [-0.2, -0.15) is 0 Å². The number of amides is 1. The second-order valence-corrected chi connectivity index (χ2v) is 4.13. The Hall–Kier alpha value is -2.42. The van der Waals surface area contributed by atoms with Gasteiger partial charge in [0, 0.05) is 11.3 Å². The van der Waals surface area contributed by atoms with Gasteiger partial charge in [-0.25, -0.2) is 4.39 Å². The van der Waals surface area contributed by atoms with Crippen molar-refractivity contribution >= 4 is 11.6 Å². The van der Waals surface area contributed by atoms with Gasteiger partial charge in [0.15, 0.2) is 0 Å². The predicted octanol–water partition coefficient (Wildman–Crippen LogP) is 5.47. The molecule has 0 N–H and O–H groups in total. The van der Waals surface area contributed by atoms with Crippen LogP contribution in [0.1, 0.15) is 27.7 Å². The summed E-state index contributed by atoms with van der Waals surface area (Å²) in [4.78, 5) is 12.7. The molecule has 2 aromatic carbocycles. The lowest BCUT2D eigenvalue weighted by Gasteiger charge is -2.32. The summed E-state index contributed by atoms with van der Waals surface area (Å²) >= 11 is 0. The van der Waals surface area contributed by atoms with Crippen molar-refractivity contribution in [2.75, 3.05) is 11.4 Å². The maximum absolute atomic E-state index is 12.5. The van der Waals surface area contributed by atoms with Crippen LogP contribution in [0, 0.1) is 5.82 Å². The van der Waals surface area contributed by atoms with E-state index in [1.807, 2.05) is 64.1 Å². The number of rotatable bonds is 1. The molecular formula is C20H26FNO. The maximum Gasteiger partial charge on any atom is 0.255 e. The van der Waals surface area contributed by atoms with E-state index in [1.54, 1.807) is 17.0 Å². The number of nitrogens with zero attached hydrogens (tertiary/aromatic N) is 1. The molecule has 0 bridgehead atoms. The third kappa shape index (κ3) is 6.92. The van der Waals surface area contributed by atoms with E-state index < -0.39 is 0 Å². The maximum atomic E-state index is 12.5. The molecule has 0 radical (unpaired) electrons. The van der Waals surface area contributed by atoms with Crippen LogP contribution >= 0.6 is 0 Å². The molecular weight excluding hydrogens is 289 g/mol. The lowest BCUT2D eigenvalue weighted by molar-refractivity contribution is -0.117. The van der Waals surface area contributed by atoms with Gasteiger partial charge in [0.1, 0.15) is 5.82 Å². The molecule has 1 amide bonds. The smallest absolute Gasteiger partial charge is 0.255 e. The molecule has 124 valence electrons. The lowest BCUT2D eigenvalue weighted by Crippen LogP contribution is -2.45. The highest BCUT2D eigenvalue weighted by Crippen LogP contribution is 2.24. The number of β-lactam (4-membered cyclic amide) rings is 1. The largest absolute Gasteiger partial charge is 0.304 e. The highest BCUT2D eigenvalue weighted by atomic mass is 19.1. The summed E-state index contributed by atoms with van der Waals surface area (Å²) in [5.41, 5.74) is 1.32. The first-order chi connectivity index (χ1) is 11.2. The molecule has 3 rings (SSSR count). The first-order valence-corrected chi connectivity index (χ1v) is 7.94. The molecule has 1 saturated heterocycles. The Morgan fingerprint density at radius 3 is 1.57 bits per heavy atom. The molecule has 0 atom stereocenters. The summed E-state index contributed by atoms with van der Waals surface area (Å²) in [6, 6.07) is 17.8. The van der Waals surface area contributed by atoms with E-state index in [1.165, 1.54) is 12.1 Å². The van der Waals surface area contributed by atoms with Crippen LogP contribution in [0.2, 0.25) is 0 Å². The molecule has 0 aromatic heterocycles. The van der Waals surface area contributed by atoms with Gasteiger partial charge in [-0.3, -0.25) is 4.79 Å². The van der Waals surface area contributed by atoms with Crippen LogP contribution in [-0.4, -0.2) is 12.5 Å². The molecule has 1 aliphatic rings. The summed E-state index contributed by atoms with van der Waals surface area (Å²) in [6.07, 6.45) is 0. The van der Waals surface area contributed by atoms with Gasteiger partial charge in [-0.1, -0.05) is 70.7 Å². The topological polar surface area (TPSA) is 20.3 Å². The van der Waals surface area contributed by atoms with Gasteiger partial charge in [-0.15, -0.1) is 0 Å². The molecule has 0 aliphatic carbocycles. The van der Waals surface area contributed by atoms with Crippen molar-refractivity contribution in [1.29, 1.82) is 0 Å². The number of benzene rings is 2. The lowest BCUT2D eigenvalue weighted by atomic mass is 10.1. The zero-order valence-electron chi connectivity index (χ0n) is 14.4. The van der Waals surface area contributed by atoms with E-state index in [0.717, 1.165) is 5.69 Å². The minimum absolute atomic E-state index is 0.0772. The van der Waals surface area contributed by atoms with E-state index in [-0.39, 0.29) is 11.7 Å². The summed E-state index contributed by atoms with van der Waals surface area (Å²) in [6.45, 7) is 12.1. The zero-order chi connectivity index (χ0) is 17.7. The summed E-state index contributed by atoms with van der Waals surface area (Å²) in [5.74, 6) is -0.373. The fraction of sp³-hybridized carbons (Fsp3) is 0.250. The van der Waals surface area contributed by atoms with Crippen LogP contribution < -0.4 is 4.90 Å². The van der Waals surface area contributed by atoms with Crippen molar-refractivity contribution in [3.63, 3.8) is 0 Å². The van der Waals surface area contributed by atoms with E-state index in [4.69, 9.17) is 0 Å². The molecule has 0 unspecified atom stereocenters. The highest BCUT2D eigenvalue weighted by Gasteiger charge is 2.29. The van der Waals surface area contributed by atoms with Crippen LogP contribution in [0.4, 0.5) is 10.1 Å². The van der Waals surface area contributed by atoms with Crippen LogP contribution in [0.15, 0.2) is 72.8 Å². The second-order valence-electron chi connectivity index (χ2n) is 4.13. The Bertz CT molecular complexity index is 537. The first-order valence-electron chi connectivity index (χ1n) is 7.94. The monoisotopic (exact) mass is 315 g/mol. The Kier molecular flexibility index (Phi) is 10.9. The SMILES string of the molecule is C=C1CN(c2ccc(F)cc2)C1=O.CC.CC.c1ccccc1. The summed E-state index contributed by atoms with van der Waals surface area (Å²) in [7, 11) is 0. The molecule has 0 saturated carbocycles. The average molecular weight is 315 g/mol. The third-order valence-electron chi connectivity index (χ3n) is 2.70. The molecule has 1 fully saturated rings. The van der Waals surface area contributed by atoms with Gasteiger partial charge in [0.2, 0.25) is 0 Å². The Balaban J connectivity index is 0.000000407. The average Bonchev–Trinajstić information content (AvgIpc) is 2.65. The van der Waals surface area contributed by atoms with E-state index in [0.29, 0.717) is 12.1 Å². The van der Waals surface area contributed by atoms with E-state index in [9.17, 15) is 9.18 Å².